The molecule has 0 bridgehead atoms. The topological polar surface area (TPSA) is 70.9 Å². The van der Waals surface area contributed by atoms with E-state index >= 15 is 0 Å². The number of nitrogens with one attached hydrogen (secondary N) is 1. The number of halogens is 1. The molecule has 1 atom stereocenters. The van der Waals surface area contributed by atoms with Gasteiger partial charge in [-0.25, -0.2) is 0 Å². The van der Waals surface area contributed by atoms with Crippen LogP contribution in [-0.4, -0.2) is 34.1 Å². The highest BCUT2D eigenvalue weighted by Gasteiger charge is 2.17. The van der Waals surface area contributed by atoms with Crippen molar-refractivity contribution in [3.63, 3.8) is 0 Å². The van der Waals surface area contributed by atoms with E-state index in [0.29, 0.717) is 0 Å². The van der Waals surface area contributed by atoms with Crippen LogP contribution in [0.2, 0.25) is 5.02 Å². The molecule has 1 aromatic heterocycles. The maximum absolute atomic E-state index is 7.44. The molecule has 0 fully saturated rings. The maximum atomic E-state index is 7.44. The molecule has 1 rings (SSSR count). The van der Waals surface area contributed by atoms with Gasteiger partial charge in [-0.2, -0.15) is 5.10 Å². The molecule has 0 amide bonds. The van der Waals surface area contributed by atoms with E-state index in [1.807, 2.05) is 18.7 Å². The predicted molar refractivity (Wildman–Crippen MR) is 79.7 cm³/mol. The van der Waals surface area contributed by atoms with E-state index in [1.165, 1.54) is 0 Å². The Kier molecular flexibility index (Phi) is 5.82. The second-order valence-electron chi connectivity index (χ2n) is 4.93. The third-order valence-electron chi connectivity index (χ3n) is 3.23. The molecule has 0 aromatic carbocycles. The first-order valence-electron chi connectivity index (χ1n) is 6.67. The van der Waals surface area contributed by atoms with Crippen molar-refractivity contribution in [2.45, 2.75) is 40.3 Å². The number of aromatic nitrogens is 2. The Hall–Kier alpha value is -1.07. The lowest BCUT2D eigenvalue weighted by atomic mass is 10.1. The Bertz CT molecular complexity index is 440. The van der Waals surface area contributed by atoms with Crippen molar-refractivity contribution >= 4 is 17.4 Å². The quantitative estimate of drug-likeness (QED) is 0.595. The molecule has 0 spiro atoms. The van der Waals surface area contributed by atoms with E-state index in [0.717, 1.165) is 42.5 Å². The highest BCUT2D eigenvalue weighted by molar-refractivity contribution is 6.31. The van der Waals surface area contributed by atoms with Crippen LogP contribution in [0.1, 0.15) is 32.2 Å². The zero-order valence-electron chi connectivity index (χ0n) is 12.2. The molecule has 0 saturated carbocycles. The molecule has 0 aliphatic heterocycles. The second kappa shape index (κ2) is 6.91. The number of aryl methyl sites for hydroxylation is 2. The lowest BCUT2D eigenvalue weighted by Gasteiger charge is -2.21. The normalized spacial score (nSPS) is 12.9. The van der Waals surface area contributed by atoms with Crippen LogP contribution in [0.4, 0.5) is 0 Å². The summed E-state index contributed by atoms with van der Waals surface area (Å²) < 4.78 is 1.95. The number of hydrogen-bond donors (Lipinski definition) is 2. The summed E-state index contributed by atoms with van der Waals surface area (Å²) in [5, 5.41) is 12.7. The van der Waals surface area contributed by atoms with Gasteiger partial charge in [0.05, 0.1) is 22.2 Å². The van der Waals surface area contributed by atoms with Gasteiger partial charge >= 0.3 is 0 Å². The van der Waals surface area contributed by atoms with Crippen LogP contribution >= 0.6 is 11.6 Å². The fraction of sp³-hybridized carbons (Fsp3) is 0.692. The van der Waals surface area contributed by atoms with Gasteiger partial charge in [0.15, 0.2) is 0 Å². The van der Waals surface area contributed by atoms with Crippen molar-refractivity contribution in [2.24, 2.45) is 11.7 Å². The number of rotatable bonds is 7. The summed E-state index contributed by atoms with van der Waals surface area (Å²) >= 11 is 6.37. The van der Waals surface area contributed by atoms with Gasteiger partial charge in [-0.05, 0) is 20.4 Å². The summed E-state index contributed by atoms with van der Waals surface area (Å²) in [6.07, 6.45) is 0.840. The average molecular weight is 286 g/mol. The molecule has 0 aliphatic carbocycles. The fourth-order valence-corrected chi connectivity index (χ4v) is 2.38. The summed E-state index contributed by atoms with van der Waals surface area (Å²) in [7, 11) is 2.01. The molecule has 5 nitrogen and oxygen atoms in total. The van der Waals surface area contributed by atoms with Crippen LogP contribution < -0.4 is 5.73 Å². The Morgan fingerprint density at radius 2 is 2.16 bits per heavy atom. The van der Waals surface area contributed by atoms with Crippen LogP contribution in [0.5, 0.6) is 0 Å². The van der Waals surface area contributed by atoms with Gasteiger partial charge in [0.25, 0.3) is 0 Å². The molecule has 6 heteroatoms. The minimum absolute atomic E-state index is 0.0485. The van der Waals surface area contributed by atoms with E-state index in [-0.39, 0.29) is 11.8 Å². The van der Waals surface area contributed by atoms with Crippen molar-refractivity contribution in [3.05, 3.63) is 16.4 Å². The summed E-state index contributed by atoms with van der Waals surface area (Å²) in [6.45, 7) is 8.34. The van der Waals surface area contributed by atoms with E-state index < -0.39 is 0 Å². The van der Waals surface area contributed by atoms with Crippen molar-refractivity contribution in [1.82, 2.24) is 14.7 Å². The molecular weight excluding hydrogens is 262 g/mol. The predicted octanol–water partition coefficient (Wildman–Crippen LogP) is 2.12. The van der Waals surface area contributed by atoms with E-state index in [4.69, 9.17) is 22.7 Å². The molecule has 1 heterocycles. The molecule has 0 radical (unpaired) electrons. The Labute approximate surface area is 120 Å². The van der Waals surface area contributed by atoms with Crippen LogP contribution in [-0.2, 0) is 19.5 Å². The molecule has 108 valence electrons. The van der Waals surface area contributed by atoms with Gasteiger partial charge in [0.2, 0.25) is 0 Å². The highest BCUT2D eigenvalue weighted by atomic mass is 35.5. The van der Waals surface area contributed by atoms with E-state index in [9.17, 15) is 0 Å². The number of amidine groups is 1. The van der Waals surface area contributed by atoms with Gasteiger partial charge in [-0.1, -0.05) is 25.4 Å². The van der Waals surface area contributed by atoms with Gasteiger partial charge in [-0.15, -0.1) is 0 Å². The Morgan fingerprint density at radius 1 is 1.53 bits per heavy atom. The Balaban J connectivity index is 2.81. The average Bonchev–Trinajstić information content (AvgIpc) is 2.66. The van der Waals surface area contributed by atoms with Crippen LogP contribution in [0.3, 0.4) is 0 Å². The number of hydrogen-bond acceptors (Lipinski definition) is 3. The summed E-state index contributed by atoms with van der Waals surface area (Å²) in [4.78, 5) is 2.13. The SMILES string of the molecule is CCc1nn(CC)c(CN(C)CC(C)C(=N)N)c1Cl. The first-order chi connectivity index (χ1) is 8.90. The minimum atomic E-state index is 0.0485. The fourth-order valence-electron chi connectivity index (χ4n) is 2.05. The van der Waals surface area contributed by atoms with Gasteiger partial charge < -0.3 is 5.73 Å². The van der Waals surface area contributed by atoms with E-state index in [2.05, 4.69) is 23.8 Å². The van der Waals surface area contributed by atoms with Crippen LogP contribution in [0.25, 0.3) is 0 Å². The van der Waals surface area contributed by atoms with Crippen LogP contribution in [0, 0.1) is 11.3 Å². The monoisotopic (exact) mass is 285 g/mol. The third kappa shape index (κ3) is 3.94. The number of nitrogens with two attached hydrogens (primary N) is 1. The van der Waals surface area contributed by atoms with Crippen LogP contribution in [0.15, 0.2) is 0 Å². The molecule has 0 aliphatic rings. The smallest absolute Gasteiger partial charge is 0.0947 e. The Morgan fingerprint density at radius 3 is 2.63 bits per heavy atom. The number of nitrogens with zero attached hydrogens (tertiary/aromatic N) is 3. The molecular formula is C13H24ClN5. The molecule has 0 saturated heterocycles. The second-order valence-corrected chi connectivity index (χ2v) is 5.31. The molecule has 19 heavy (non-hydrogen) atoms. The van der Waals surface area contributed by atoms with Gasteiger partial charge in [-0.3, -0.25) is 15.0 Å². The van der Waals surface area contributed by atoms with E-state index in [1.54, 1.807) is 0 Å². The summed E-state index contributed by atoms with van der Waals surface area (Å²) in [5.74, 6) is 0.267. The van der Waals surface area contributed by atoms with Gasteiger partial charge in [0.1, 0.15) is 0 Å². The third-order valence-corrected chi connectivity index (χ3v) is 3.67. The molecule has 1 aromatic rings. The van der Waals surface area contributed by atoms with Gasteiger partial charge in [0, 0.05) is 25.6 Å². The minimum Gasteiger partial charge on any atom is -0.387 e. The zero-order valence-corrected chi connectivity index (χ0v) is 13.0. The molecule has 3 N–H and O–H groups in total. The standard InChI is InChI=1S/C13H24ClN5/c1-5-10-12(14)11(19(6-2)17-10)8-18(4)7-9(3)13(15)16/h9H,5-8H2,1-4H3,(H3,15,16). The van der Waals surface area contributed by atoms with Crippen molar-refractivity contribution < 1.29 is 0 Å². The van der Waals surface area contributed by atoms with Crippen molar-refractivity contribution in [1.29, 1.82) is 5.41 Å². The van der Waals surface area contributed by atoms with Crippen molar-refractivity contribution in [3.8, 4) is 0 Å². The lowest BCUT2D eigenvalue weighted by molar-refractivity contribution is 0.296. The first kappa shape index (κ1) is 16.0. The first-order valence-corrected chi connectivity index (χ1v) is 7.04. The highest BCUT2D eigenvalue weighted by Crippen LogP contribution is 2.23. The largest absolute Gasteiger partial charge is 0.387 e. The van der Waals surface area contributed by atoms with Crippen molar-refractivity contribution in [2.75, 3.05) is 13.6 Å². The summed E-state index contributed by atoms with van der Waals surface area (Å²) in [6, 6.07) is 0. The zero-order chi connectivity index (χ0) is 14.6. The lowest BCUT2D eigenvalue weighted by Crippen LogP contribution is -2.32. The summed E-state index contributed by atoms with van der Waals surface area (Å²) in [5.41, 5.74) is 7.49. The maximum Gasteiger partial charge on any atom is 0.0947 e. The molecule has 1 unspecified atom stereocenters.